The molecule has 3 atom stereocenters. The van der Waals surface area contributed by atoms with Crippen LogP contribution in [0.25, 0.3) is 0 Å². The number of benzene rings is 2. The van der Waals surface area contributed by atoms with Crippen LogP contribution in [-0.4, -0.2) is 73.9 Å². The third kappa shape index (κ3) is 6.05. The highest BCUT2D eigenvalue weighted by Gasteiger charge is 2.39. The van der Waals surface area contributed by atoms with Crippen LogP contribution < -0.4 is 20.3 Å². The van der Waals surface area contributed by atoms with Crippen LogP contribution in [0.2, 0.25) is 0 Å². The number of nitrogens with zero attached hydrogens (tertiary/aromatic N) is 2. The molecule has 0 spiro atoms. The molecule has 2 aromatic rings. The predicted octanol–water partition coefficient (Wildman–Crippen LogP) is 3.07. The molecule has 2 N–H and O–H groups in total. The number of amides is 1. The second-order valence-electron chi connectivity index (χ2n) is 9.18. The van der Waals surface area contributed by atoms with Gasteiger partial charge in [-0.2, -0.15) is 0 Å². The standard InChI is InChI=1S/C26H36N4O3S/c1-18-13-19(5-10-25(18)33-4)15-30-17-23(34-22-8-6-21(32-3)7-9-22)14-24(30)26(31)29(2)16-20-11-12-27-28-20/h5-10,13,20,23-24,27-28H,11-12,14-17H2,1-4H3/t20?,23-,24+/m1/s1. The van der Waals surface area contributed by atoms with Gasteiger partial charge in [-0.1, -0.05) is 12.1 Å². The smallest absolute Gasteiger partial charge is 0.239 e. The van der Waals surface area contributed by atoms with E-state index >= 15 is 0 Å². The molecular weight excluding hydrogens is 448 g/mol. The number of nitrogens with one attached hydrogen (secondary N) is 2. The third-order valence-electron chi connectivity index (χ3n) is 6.65. The second kappa shape index (κ2) is 11.4. The van der Waals surface area contributed by atoms with Crippen molar-refractivity contribution in [3.63, 3.8) is 0 Å². The zero-order valence-corrected chi connectivity index (χ0v) is 21.4. The monoisotopic (exact) mass is 484 g/mol. The van der Waals surface area contributed by atoms with Crippen LogP contribution in [0.1, 0.15) is 24.0 Å². The number of thioether (sulfide) groups is 1. The Morgan fingerprint density at radius 1 is 1.18 bits per heavy atom. The molecule has 4 rings (SSSR count). The number of hydrogen-bond acceptors (Lipinski definition) is 7. The maximum atomic E-state index is 13.6. The van der Waals surface area contributed by atoms with E-state index in [0.29, 0.717) is 17.8 Å². The molecule has 1 amide bonds. The van der Waals surface area contributed by atoms with E-state index in [2.05, 4.69) is 46.9 Å². The van der Waals surface area contributed by atoms with E-state index in [1.54, 1.807) is 14.2 Å². The molecule has 34 heavy (non-hydrogen) atoms. The molecule has 1 unspecified atom stereocenters. The van der Waals surface area contributed by atoms with Crippen LogP contribution in [-0.2, 0) is 11.3 Å². The minimum absolute atomic E-state index is 0.127. The predicted molar refractivity (Wildman–Crippen MR) is 136 cm³/mol. The summed E-state index contributed by atoms with van der Waals surface area (Å²) in [5, 5.41) is 0.348. The Bertz CT molecular complexity index is 965. The van der Waals surface area contributed by atoms with Crippen molar-refractivity contribution < 1.29 is 14.3 Å². The molecular formula is C26H36N4O3S. The molecule has 2 saturated heterocycles. The van der Waals surface area contributed by atoms with Gasteiger partial charge < -0.3 is 14.4 Å². The Labute approximate surface area is 207 Å². The van der Waals surface area contributed by atoms with Crippen molar-refractivity contribution in [3.8, 4) is 11.5 Å². The summed E-state index contributed by atoms with van der Waals surface area (Å²) in [7, 11) is 5.31. The quantitative estimate of drug-likeness (QED) is 0.567. The molecule has 0 radical (unpaired) electrons. The van der Waals surface area contributed by atoms with Crippen molar-refractivity contribution >= 4 is 17.7 Å². The molecule has 184 valence electrons. The molecule has 2 aliphatic rings. The van der Waals surface area contributed by atoms with Crippen molar-refractivity contribution in [3.05, 3.63) is 53.6 Å². The highest BCUT2D eigenvalue weighted by Crippen LogP contribution is 2.35. The minimum atomic E-state index is -0.127. The fourth-order valence-electron chi connectivity index (χ4n) is 4.85. The summed E-state index contributed by atoms with van der Waals surface area (Å²) in [4.78, 5) is 19.0. The summed E-state index contributed by atoms with van der Waals surface area (Å²) in [6.45, 7) is 5.34. The molecule has 0 bridgehead atoms. The zero-order valence-electron chi connectivity index (χ0n) is 20.5. The number of likely N-dealkylation sites (tertiary alicyclic amines) is 1. The van der Waals surface area contributed by atoms with E-state index in [0.717, 1.165) is 49.5 Å². The summed E-state index contributed by atoms with van der Waals surface area (Å²) < 4.78 is 10.7. The van der Waals surface area contributed by atoms with Crippen molar-refractivity contribution in [1.29, 1.82) is 0 Å². The first-order chi connectivity index (χ1) is 16.5. The minimum Gasteiger partial charge on any atom is -0.497 e. The molecule has 2 aliphatic heterocycles. The van der Waals surface area contributed by atoms with Crippen LogP contribution in [0.4, 0.5) is 0 Å². The molecule has 2 fully saturated rings. The Balaban J connectivity index is 1.48. The summed E-state index contributed by atoms with van der Waals surface area (Å²) in [5.74, 6) is 1.96. The number of carbonyl (C=O) groups excluding carboxylic acids is 1. The number of hydrogen-bond donors (Lipinski definition) is 2. The van der Waals surface area contributed by atoms with Crippen LogP contribution in [0, 0.1) is 6.92 Å². The van der Waals surface area contributed by atoms with Gasteiger partial charge in [-0.25, -0.2) is 0 Å². The number of aryl methyl sites for hydroxylation is 1. The number of ether oxygens (including phenoxy) is 2. The average molecular weight is 485 g/mol. The van der Waals surface area contributed by atoms with Gasteiger partial charge in [-0.3, -0.25) is 20.5 Å². The van der Waals surface area contributed by atoms with Crippen molar-refractivity contribution in [2.45, 2.75) is 48.5 Å². The van der Waals surface area contributed by atoms with Crippen molar-refractivity contribution in [1.82, 2.24) is 20.7 Å². The van der Waals surface area contributed by atoms with Gasteiger partial charge in [0.25, 0.3) is 0 Å². The fraction of sp³-hybridized carbons (Fsp3) is 0.500. The molecule has 0 aromatic heterocycles. The lowest BCUT2D eigenvalue weighted by atomic mass is 10.1. The highest BCUT2D eigenvalue weighted by molar-refractivity contribution is 8.00. The number of methoxy groups -OCH3 is 2. The van der Waals surface area contributed by atoms with Gasteiger partial charge in [-0.05, 0) is 61.2 Å². The summed E-state index contributed by atoms with van der Waals surface area (Å²) in [6, 6.07) is 14.7. The number of hydrazine groups is 1. The van der Waals surface area contributed by atoms with E-state index in [1.807, 2.05) is 41.9 Å². The lowest BCUT2D eigenvalue weighted by Crippen LogP contribution is -2.48. The molecule has 0 aliphatic carbocycles. The Morgan fingerprint density at radius 3 is 2.62 bits per heavy atom. The topological polar surface area (TPSA) is 66.1 Å². The normalized spacial score (nSPS) is 22.6. The zero-order chi connectivity index (χ0) is 24.1. The number of likely N-dealkylation sites (N-methyl/N-ethyl adjacent to an activating group) is 1. The van der Waals surface area contributed by atoms with Gasteiger partial charge in [0.1, 0.15) is 11.5 Å². The van der Waals surface area contributed by atoms with Crippen LogP contribution >= 0.6 is 11.8 Å². The van der Waals surface area contributed by atoms with E-state index < -0.39 is 0 Å². The van der Waals surface area contributed by atoms with Crippen LogP contribution in [0.5, 0.6) is 11.5 Å². The van der Waals surface area contributed by atoms with Gasteiger partial charge in [0.15, 0.2) is 0 Å². The first-order valence-corrected chi connectivity index (χ1v) is 12.8. The van der Waals surface area contributed by atoms with Gasteiger partial charge in [0.2, 0.25) is 5.91 Å². The van der Waals surface area contributed by atoms with Gasteiger partial charge in [0, 0.05) is 49.4 Å². The van der Waals surface area contributed by atoms with Gasteiger partial charge >= 0.3 is 0 Å². The lowest BCUT2D eigenvalue weighted by molar-refractivity contribution is -0.135. The molecule has 7 nitrogen and oxygen atoms in total. The Hall–Kier alpha value is -2.26. The summed E-state index contributed by atoms with van der Waals surface area (Å²) >= 11 is 1.85. The molecule has 0 saturated carbocycles. The lowest BCUT2D eigenvalue weighted by Gasteiger charge is -2.29. The summed E-state index contributed by atoms with van der Waals surface area (Å²) in [6.07, 6.45) is 1.87. The Morgan fingerprint density at radius 2 is 1.97 bits per heavy atom. The molecule has 2 heterocycles. The van der Waals surface area contributed by atoms with E-state index in [4.69, 9.17) is 9.47 Å². The van der Waals surface area contributed by atoms with Crippen LogP contribution in [0.3, 0.4) is 0 Å². The van der Waals surface area contributed by atoms with Gasteiger partial charge in [-0.15, -0.1) is 11.8 Å². The van der Waals surface area contributed by atoms with E-state index in [-0.39, 0.29) is 11.9 Å². The largest absolute Gasteiger partial charge is 0.497 e. The first-order valence-electron chi connectivity index (χ1n) is 11.9. The highest BCUT2D eigenvalue weighted by atomic mass is 32.2. The van der Waals surface area contributed by atoms with Gasteiger partial charge in [0.05, 0.1) is 20.3 Å². The molecule has 8 heteroatoms. The molecule has 2 aromatic carbocycles. The average Bonchev–Trinajstić information content (AvgIpc) is 3.49. The second-order valence-corrected chi connectivity index (χ2v) is 10.5. The van der Waals surface area contributed by atoms with Crippen LogP contribution in [0.15, 0.2) is 47.4 Å². The Kier molecular flexibility index (Phi) is 8.37. The summed E-state index contributed by atoms with van der Waals surface area (Å²) in [5.41, 5.74) is 8.75. The first kappa shape index (κ1) is 24.9. The third-order valence-corrected chi connectivity index (χ3v) is 7.87. The number of carbonyl (C=O) groups is 1. The number of rotatable bonds is 9. The SMILES string of the molecule is COc1ccc(S[C@@H]2C[C@@H](C(=O)N(C)CC3CCNN3)N(Cc3ccc(OC)c(C)c3)C2)cc1. The van der Waals surface area contributed by atoms with E-state index in [1.165, 1.54) is 10.5 Å². The van der Waals surface area contributed by atoms with E-state index in [9.17, 15) is 4.79 Å². The maximum absolute atomic E-state index is 13.6. The van der Waals surface area contributed by atoms with Crippen molar-refractivity contribution in [2.75, 3.05) is 40.9 Å². The van der Waals surface area contributed by atoms with Crippen molar-refractivity contribution in [2.24, 2.45) is 0 Å². The fourth-order valence-corrected chi connectivity index (χ4v) is 6.07. The maximum Gasteiger partial charge on any atom is 0.239 e.